The molecule has 1 amide bonds. The molecule has 1 N–H and O–H groups in total. The van der Waals surface area contributed by atoms with E-state index < -0.39 is 0 Å². The summed E-state index contributed by atoms with van der Waals surface area (Å²) >= 11 is 1.47. The van der Waals surface area contributed by atoms with Gasteiger partial charge < -0.3 is 10.1 Å². The number of anilines is 1. The van der Waals surface area contributed by atoms with Crippen LogP contribution in [0.5, 0.6) is 5.75 Å². The van der Waals surface area contributed by atoms with E-state index >= 15 is 0 Å². The summed E-state index contributed by atoms with van der Waals surface area (Å²) in [4.78, 5) is 12.0. The van der Waals surface area contributed by atoms with Crippen LogP contribution < -0.4 is 10.1 Å². The normalized spacial score (nSPS) is 14.0. The highest BCUT2D eigenvalue weighted by Gasteiger charge is 2.27. The van der Waals surface area contributed by atoms with Crippen LogP contribution in [0.3, 0.4) is 0 Å². The molecule has 0 aliphatic heterocycles. The van der Waals surface area contributed by atoms with E-state index in [4.69, 9.17) is 4.74 Å². The predicted octanol–water partition coefficient (Wildman–Crippen LogP) is 2.91. The van der Waals surface area contributed by atoms with Gasteiger partial charge in [0.1, 0.15) is 10.8 Å². The number of carbonyl (C=O) groups excluding carboxylic acids is 1. The number of hydrogen-bond acceptors (Lipinski definition) is 5. The van der Waals surface area contributed by atoms with E-state index in [2.05, 4.69) is 15.5 Å². The van der Waals surface area contributed by atoms with Gasteiger partial charge in [-0.05, 0) is 37.0 Å². The van der Waals surface area contributed by atoms with Crippen LogP contribution in [0, 0.1) is 6.92 Å². The largest absolute Gasteiger partial charge is 0.496 e. The average Bonchev–Trinajstić information content (AvgIpc) is 3.22. The minimum atomic E-state index is -0.0839. The molecule has 6 heteroatoms. The molecule has 3 rings (SSSR count). The summed E-state index contributed by atoms with van der Waals surface area (Å²) in [6.07, 6.45) is 2.67. The number of methoxy groups -OCH3 is 1. The first-order valence-corrected chi connectivity index (χ1v) is 7.74. The van der Waals surface area contributed by atoms with Crippen molar-refractivity contribution in [2.45, 2.75) is 32.1 Å². The Morgan fingerprint density at radius 3 is 2.95 bits per heavy atom. The van der Waals surface area contributed by atoms with Crippen LogP contribution in [0.4, 0.5) is 5.13 Å². The van der Waals surface area contributed by atoms with Crippen molar-refractivity contribution < 1.29 is 9.53 Å². The van der Waals surface area contributed by atoms with Crippen LogP contribution in [0.1, 0.15) is 34.9 Å². The van der Waals surface area contributed by atoms with Crippen molar-refractivity contribution in [1.82, 2.24) is 10.2 Å². The SMILES string of the molecule is COc1cc(CC(=O)Nc2nnc(C3CC3)s2)ccc1C. The monoisotopic (exact) mass is 303 g/mol. The van der Waals surface area contributed by atoms with Gasteiger partial charge >= 0.3 is 0 Å². The molecule has 1 aromatic carbocycles. The highest BCUT2D eigenvalue weighted by molar-refractivity contribution is 7.15. The maximum atomic E-state index is 12.0. The molecule has 0 unspecified atom stereocenters. The second kappa shape index (κ2) is 5.81. The minimum absolute atomic E-state index is 0.0839. The highest BCUT2D eigenvalue weighted by Crippen LogP contribution is 2.42. The molecule has 110 valence electrons. The van der Waals surface area contributed by atoms with Crippen molar-refractivity contribution in [1.29, 1.82) is 0 Å². The summed E-state index contributed by atoms with van der Waals surface area (Å²) in [6, 6.07) is 5.79. The van der Waals surface area contributed by atoms with Gasteiger partial charge in [0.25, 0.3) is 0 Å². The topological polar surface area (TPSA) is 64.1 Å². The third kappa shape index (κ3) is 3.39. The summed E-state index contributed by atoms with van der Waals surface area (Å²) < 4.78 is 5.27. The van der Waals surface area contributed by atoms with Crippen molar-refractivity contribution >= 4 is 22.4 Å². The zero-order valence-corrected chi connectivity index (χ0v) is 12.9. The fraction of sp³-hybridized carbons (Fsp3) is 0.400. The van der Waals surface area contributed by atoms with Crippen molar-refractivity contribution in [2.75, 3.05) is 12.4 Å². The van der Waals surface area contributed by atoms with Gasteiger partial charge in [0, 0.05) is 5.92 Å². The standard InChI is InChI=1S/C15H17N3O2S/c1-9-3-4-10(7-12(9)20-2)8-13(19)16-15-18-17-14(21-15)11-5-6-11/h3-4,7,11H,5-6,8H2,1-2H3,(H,16,18,19). The molecule has 1 aliphatic carbocycles. The number of aryl methyl sites for hydroxylation is 1. The van der Waals surface area contributed by atoms with Gasteiger partial charge in [0.15, 0.2) is 0 Å². The average molecular weight is 303 g/mol. The van der Waals surface area contributed by atoms with Crippen LogP contribution in [-0.2, 0) is 11.2 Å². The number of nitrogens with one attached hydrogen (secondary N) is 1. The molecule has 0 atom stereocenters. The molecule has 0 bridgehead atoms. The Morgan fingerprint density at radius 1 is 1.43 bits per heavy atom. The highest BCUT2D eigenvalue weighted by atomic mass is 32.1. The first-order chi connectivity index (χ1) is 10.2. The summed E-state index contributed by atoms with van der Waals surface area (Å²) in [5.74, 6) is 1.28. The molecule has 2 aromatic rings. The van der Waals surface area contributed by atoms with Crippen molar-refractivity contribution in [3.63, 3.8) is 0 Å². The lowest BCUT2D eigenvalue weighted by Gasteiger charge is -2.07. The number of rotatable bonds is 5. The van der Waals surface area contributed by atoms with Crippen LogP contribution >= 0.6 is 11.3 Å². The van der Waals surface area contributed by atoms with Crippen LogP contribution in [0.25, 0.3) is 0 Å². The van der Waals surface area contributed by atoms with Crippen molar-refractivity contribution in [2.24, 2.45) is 0 Å². The molecular weight excluding hydrogens is 286 g/mol. The number of amides is 1. The van der Waals surface area contributed by atoms with E-state index in [0.29, 0.717) is 17.5 Å². The lowest BCUT2D eigenvalue weighted by molar-refractivity contribution is -0.115. The van der Waals surface area contributed by atoms with E-state index in [0.717, 1.165) is 21.9 Å². The van der Waals surface area contributed by atoms with E-state index in [-0.39, 0.29) is 5.91 Å². The van der Waals surface area contributed by atoms with Gasteiger partial charge in [0.2, 0.25) is 11.0 Å². The maximum absolute atomic E-state index is 12.0. The van der Waals surface area contributed by atoms with Gasteiger partial charge in [-0.2, -0.15) is 0 Å². The van der Waals surface area contributed by atoms with E-state index in [1.807, 2.05) is 25.1 Å². The molecule has 1 aliphatic rings. The molecule has 1 saturated carbocycles. The van der Waals surface area contributed by atoms with Gasteiger partial charge in [0.05, 0.1) is 13.5 Å². The van der Waals surface area contributed by atoms with Crippen LogP contribution in [0.15, 0.2) is 18.2 Å². The molecule has 0 spiro atoms. The molecule has 1 fully saturated rings. The Bertz CT molecular complexity index is 665. The number of hydrogen-bond donors (Lipinski definition) is 1. The van der Waals surface area contributed by atoms with Crippen molar-refractivity contribution in [3.8, 4) is 5.75 Å². The molecule has 1 aromatic heterocycles. The van der Waals surface area contributed by atoms with E-state index in [1.165, 1.54) is 24.2 Å². The van der Waals surface area contributed by atoms with Gasteiger partial charge in [-0.1, -0.05) is 23.5 Å². The summed E-state index contributed by atoms with van der Waals surface area (Å²) in [5.41, 5.74) is 1.97. The third-order valence-corrected chi connectivity index (χ3v) is 4.45. The number of nitrogens with zero attached hydrogens (tertiary/aromatic N) is 2. The Morgan fingerprint density at radius 2 is 2.24 bits per heavy atom. The van der Waals surface area contributed by atoms with Gasteiger partial charge in [-0.3, -0.25) is 4.79 Å². The van der Waals surface area contributed by atoms with E-state index in [1.54, 1.807) is 7.11 Å². The third-order valence-electron chi connectivity index (χ3n) is 3.45. The fourth-order valence-electron chi connectivity index (χ4n) is 2.10. The molecule has 0 radical (unpaired) electrons. The van der Waals surface area contributed by atoms with Crippen molar-refractivity contribution in [3.05, 3.63) is 34.3 Å². The minimum Gasteiger partial charge on any atom is -0.496 e. The summed E-state index contributed by atoms with van der Waals surface area (Å²) in [6.45, 7) is 1.98. The zero-order chi connectivity index (χ0) is 14.8. The molecule has 5 nitrogen and oxygen atoms in total. The first-order valence-electron chi connectivity index (χ1n) is 6.92. The molecule has 21 heavy (non-hydrogen) atoms. The quantitative estimate of drug-likeness (QED) is 0.922. The Kier molecular flexibility index (Phi) is 3.88. The lowest BCUT2D eigenvalue weighted by Crippen LogP contribution is -2.14. The molecule has 0 saturated heterocycles. The second-order valence-electron chi connectivity index (χ2n) is 5.25. The lowest BCUT2D eigenvalue weighted by atomic mass is 10.1. The summed E-state index contributed by atoms with van der Waals surface area (Å²) in [7, 11) is 1.63. The smallest absolute Gasteiger partial charge is 0.230 e. The Labute approximate surface area is 127 Å². The Balaban J connectivity index is 1.62. The predicted molar refractivity (Wildman–Crippen MR) is 81.9 cm³/mol. The maximum Gasteiger partial charge on any atom is 0.230 e. The Hall–Kier alpha value is -1.95. The van der Waals surface area contributed by atoms with E-state index in [9.17, 15) is 4.79 Å². The fourth-order valence-corrected chi connectivity index (χ4v) is 3.03. The number of aromatic nitrogens is 2. The molecular formula is C15H17N3O2S. The summed E-state index contributed by atoms with van der Waals surface area (Å²) in [5, 5.41) is 12.6. The number of carbonyl (C=O) groups is 1. The van der Waals surface area contributed by atoms with Gasteiger partial charge in [-0.15, -0.1) is 10.2 Å². The van der Waals surface area contributed by atoms with Gasteiger partial charge in [-0.25, -0.2) is 0 Å². The number of benzene rings is 1. The molecule has 1 heterocycles. The second-order valence-corrected chi connectivity index (χ2v) is 6.26. The zero-order valence-electron chi connectivity index (χ0n) is 12.0. The first kappa shape index (κ1) is 14.0. The van der Waals surface area contributed by atoms with Crippen LogP contribution in [0.2, 0.25) is 0 Å². The number of ether oxygens (including phenoxy) is 1. The van der Waals surface area contributed by atoms with Crippen LogP contribution in [-0.4, -0.2) is 23.2 Å².